The van der Waals surface area contributed by atoms with Crippen LogP contribution in [0.15, 0.2) is 104 Å². The van der Waals surface area contributed by atoms with Crippen LogP contribution in [0.1, 0.15) is 0 Å². The van der Waals surface area contributed by atoms with Gasteiger partial charge in [0.1, 0.15) is 18.0 Å². The minimum Gasteiger partial charge on any atom is -0.356 e. The van der Waals surface area contributed by atoms with Crippen molar-refractivity contribution in [3.05, 3.63) is 104 Å². The second-order valence-corrected chi connectivity index (χ2v) is 6.88. The second-order valence-electron chi connectivity index (χ2n) is 6.88. The molecule has 7 nitrogen and oxygen atoms in total. The second kappa shape index (κ2) is 9.90. The average molecular weight is 422 g/mol. The van der Waals surface area contributed by atoms with E-state index in [2.05, 4.69) is 37.8 Å². The molecule has 0 aliphatic carbocycles. The lowest BCUT2D eigenvalue weighted by Gasteiger charge is -2.11. The van der Waals surface area contributed by atoms with Gasteiger partial charge in [0.2, 0.25) is 5.91 Å². The van der Waals surface area contributed by atoms with Crippen molar-refractivity contribution in [3.8, 4) is 0 Å². The van der Waals surface area contributed by atoms with E-state index in [9.17, 15) is 4.79 Å². The third kappa shape index (κ3) is 5.70. The summed E-state index contributed by atoms with van der Waals surface area (Å²) in [5, 5.41) is 12.6. The van der Waals surface area contributed by atoms with Gasteiger partial charge < -0.3 is 21.3 Å². The van der Waals surface area contributed by atoms with E-state index in [0.717, 1.165) is 22.7 Å². The standard InChI is InChI=1S/C25H22N6O/c1-2-25(32)31-22-10-6-9-21(15-22)30-24-16-23(26-17-27-24)29-20-13-11-19(12-14-20)28-18-7-4-3-5-8-18/h2-17,28H,1H2,(H,31,32)(H2,26,27,29,30). The van der Waals surface area contributed by atoms with Gasteiger partial charge in [0.05, 0.1) is 0 Å². The van der Waals surface area contributed by atoms with Crippen LogP contribution in [0.25, 0.3) is 0 Å². The first-order chi connectivity index (χ1) is 15.7. The molecule has 4 rings (SSSR count). The third-order valence-corrected chi connectivity index (χ3v) is 4.47. The van der Waals surface area contributed by atoms with E-state index in [0.29, 0.717) is 17.3 Å². The van der Waals surface area contributed by atoms with Crippen LogP contribution >= 0.6 is 0 Å². The van der Waals surface area contributed by atoms with Gasteiger partial charge in [-0.05, 0) is 60.7 Å². The van der Waals surface area contributed by atoms with E-state index in [1.165, 1.54) is 12.4 Å². The van der Waals surface area contributed by atoms with Crippen LogP contribution in [0.3, 0.4) is 0 Å². The lowest BCUT2D eigenvalue weighted by molar-refractivity contribution is -0.111. The van der Waals surface area contributed by atoms with Crippen molar-refractivity contribution in [3.63, 3.8) is 0 Å². The van der Waals surface area contributed by atoms with Crippen molar-refractivity contribution in [1.29, 1.82) is 0 Å². The smallest absolute Gasteiger partial charge is 0.247 e. The fourth-order valence-corrected chi connectivity index (χ4v) is 2.98. The largest absolute Gasteiger partial charge is 0.356 e. The highest BCUT2D eigenvalue weighted by atomic mass is 16.1. The summed E-state index contributed by atoms with van der Waals surface area (Å²) in [6, 6.07) is 27.1. The number of benzene rings is 3. The molecule has 158 valence electrons. The van der Waals surface area contributed by atoms with E-state index >= 15 is 0 Å². The number of hydrogen-bond acceptors (Lipinski definition) is 6. The molecule has 0 aliphatic rings. The summed E-state index contributed by atoms with van der Waals surface area (Å²) < 4.78 is 0. The molecule has 1 aromatic heterocycles. The SMILES string of the molecule is C=CC(=O)Nc1cccc(Nc2cc(Nc3ccc(Nc4ccccc4)cc3)ncn2)c1. The maximum absolute atomic E-state index is 11.5. The maximum Gasteiger partial charge on any atom is 0.247 e. The minimum atomic E-state index is -0.263. The summed E-state index contributed by atoms with van der Waals surface area (Å²) >= 11 is 0. The van der Waals surface area contributed by atoms with Crippen LogP contribution in [0.5, 0.6) is 0 Å². The molecule has 0 fully saturated rings. The van der Waals surface area contributed by atoms with Gasteiger partial charge in [0, 0.05) is 34.5 Å². The molecule has 0 saturated carbocycles. The van der Waals surface area contributed by atoms with Gasteiger partial charge in [0.15, 0.2) is 0 Å². The van der Waals surface area contributed by atoms with E-state index in [1.54, 1.807) is 6.07 Å². The van der Waals surface area contributed by atoms with E-state index in [-0.39, 0.29) is 5.91 Å². The highest BCUT2D eigenvalue weighted by molar-refractivity contribution is 5.99. The number of nitrogens with one attached hydrogen (secondary N) is 4. The predicted molar refractivity (Wildman–Crippen MR) is 130 cm³/mol. The summed E-state index contributed by atoms with van der Waals surface area (Å²) in [6.07, 6.45) is 2.71. The van der Waals surface area contributed by atoms with Crippen LogP contribution in [-0.2, 0) is 4.79 Å². The summed E-state index contributed by atoms with van der Waals surface area (Å²) in [7, 11) is 0. The highest BCUT2D eigenvalue weighted by Crippen LogP contribution is 2.23. The lowest BCUT2D eigenvalue weighted by Crippen LogP contribution is -2.07. The molecule has 0 radical (unpaired) electrons. The summed E-state index contributed by atoms with van der Waals surface area (Å²) in [5.74, 6) is 1.01. The number of para-hydroxylation sites is 1. The van der Waals surface area contributed by atoms with Gasteiger partial charge in [-0.25, -0.2) is 9.97 Å². The topological polar surface area (TPSA) is 91.0 Å². The van der Waals surface area contributed by atoms with E-state index in [1.807, 2.05) is 78.9 Å². The van der Waals surface area contributed by atoms with Crippen molar-refractivity contribution >= 4 is 46.0 Å². The van der Waals surface area contributed by atoms with Crippen LogP contribution in [0.2, 0.25) is 0 Å². The Hall–Kier alpha value is -4.65. The molecule has 4 N–H and O–H groups in total. The molecule has 7 heteroatoms. The molecule has 0 bridgehead atoms. The quantitative estimate of drug-likeness (QED) is 0.267. The van der Waals surface area contributed by atoms with Gasteiger partial charge in [-0.2, -0.15) is 0 Å². The first-order valence-electron chi connectivity index (χ1n) is 10.00. The van der Waals surface area contributed by atoms with Crippen molar-refractivity contribution in [2.24, 2.45) is 0 Å². The number of carbonyl (C=O) groups excluding carboxylic acids is 1. The Morgan fingerprint density at radius 1 is 0.656 bits per heavy atom. The van der Waals surface area contributed by atoms with Crippen molar-refractivity contribution < 1.29 is 4.79 Å². The first-order valence-corrected chi connectivity index (χ1v) is 10.00. The third-order valence-electron chi connectivity index (χ3n) is 4.47. The molecular weight excluding hydrogens is 400 g/mol. The number of hydrogen-bond donors (Lipinski definition) is 4. The lowest BCUT2D eigenvalue weighted by atomic mass is 10.2. The molecule has 1 heterocycles. The zero-order chi connectivity index (χ0) is 22.2. The monoisotopic (exact) mass is 422 g/mol. The number of amides is 1. The summed E-state index contributed by atoms with van der Waals surface area (Å²) in [5.41, 5.74) is 4.38. The molecule has 0 unspecified atom stereocenters. The van der Waals surface area contributed by atoms with Crippen molar-refractivity contribution in [1.82, 2.24) is 9.97 Å². The van der Waals surface area contributed by atoms with Crippen LogP contribution in [0.4, 0.5) is 40.1 Å². The number of aromatic nitrogens is 2. The fraction of sp³-hybridized carbons (Fsp3) is 0. The van der Waals surface area contributed by atoms with Crippen LogP contribution in [0, 0.1) is 0 Å². The van der Waals surface area contributed by atoms with E-state index in [4.69, 9.17) is 0 Å². The zero-order valence-electron chi connectivity index (χ0n) is 17.2. The molecule has 0 aliphatic heterocycles. The van der Waals surface area contributed by atoms with Crippen LogP contribution in [-0.4, -0.2) is 15.9 Å². The predicted octanol–water partition coefficient (Wildman–Crippen LogP) is 5.83. The Morgan fingerprint density at radius 2 is 1.22 bits per heavy atom. The fourth-order valence-electron chi connectivity index (χ4n) is 2.98. The maximum atomic E-state index is 11.5. The molecule has 3 aromatic carbocycles. The van der Waals surface area contributed by atoms with E-state index < -0.39 is 0 Å². The molecule has 32 heavy (non-hydrogen) atoms. The van der Waals surface area contributed by atoms with Crippen molar-refractivity contribution in [2.75, 3.05) is 21.3 Å². The Kier molecular flexibility index (Phi) is 6.38. The van der Waals surface area contributed by atoms with Gasteiger partial charge in [0.25, 0.3) is 0 Å². The molecular formula is C25H22N6O. The number of nitrogens with zero attached hydrogens (tertiary/aromatic N) is 2. The van der Waals surface area contributed by atoms with Gasteiger partial charge in [-0.15, -0.1) is 0 Å². The number of rotatable bonds is 8. The van der Waals surface area contributed by atoms with Gasteiger partial charge in [-0.3, -0.25) is 4.79 Å². The first kappa shape index (κ1) is 20.6. The minimum absolute atomic E-state index is 0.263. The number of carbonyl (C=O) groups is 1. The number of anilines is 7. The Balaban J connectivity index is 1.40. The van der Waals surface area contributed by atoms with Gasteiger partial charge in [-0.1, -0.05) is 30.8 Å². The molecule has 0 atom stereocenters. The molecule has 4 aromatic rings. The summed E-state index contributed by atoms with van der Waals surface area (Å²) in [4.78, 5) is 20.1. The summed E-state index contributed by atoms with van der Waals surface area (Å²) in [6.45, 7) is 3.46. The average Bonchev–Trinajstić information content (AvgIpc) is 2.81. The Bertz CT molecular complexity index is 1210. The molecule has 0 spiro atoms. The Morgan fingerprint density at radius 3 is 1.91 bits per heavy atom. The van der Waals surface area contributed by atoms with Crippen LogP contribution < -0.4 is 21.3 Å². The molecule has 1 amide bonds. The van der Waals surface area contributed by atoms with Gasteiger partial charge >= 0.3 is 0 Å². The zero-order valence-corrected chi connectivity index (χ0v) is 17.2. The van der Waals surface area contributed by atoms with Crippen molar-refractivity contribution in [2.45, 2.75) is 0 Å². The highest BCUT2D eigenvalue weighted by Gasteiger charge is 2.03. The Labute approximate surface area is 186 Å². The molecule has 0 saturated heterocycles. The normalized spacial score (nSPS) is 10.1.